The molecule has 0 radical (unpaired) electrons. The van der Waals surface area contributed by atoms with E-state index in [-0.39, 0.29) is 5.91 Å². The summed E-state index contributed by atoms with van der Waals surface area (Å²) in [6, 6.07) is 3.48. The Labute approximate surface area is 112 Å². The average molecular weight is 256 g/mol. The van der Waals surface area contributed by atoms with Gasteiger partial charge in [-0.3, -0.25) is 14.5 Å². The topological polar surface area (TPSA) is 59.8 Å². The maximum Gasteiger partial charge on any atom is 0.248 e. The van der Waals surface area contributed by atoms with Crippen LogP contribution in [-0.4, -0.2) is 20.7 Å². The van der Waals surface area contributed by atoms with Crippen LogP contribution in [0.5, 0.6) is 0 Å². The van der Waals surface area contributed by atoms with E-state index in [1.54, 1.807) is 35.3 Å². The second-order valence-electron chi connectivity index (χ2n) is 4.27. The maximum atomic E-state index is 11.8. The van der Waals surface area contributed by atoms with E-state index in [1.165, 1.54) is 6.08 Å². The van der Waals surface area contributed by atoms with E-state index in [1.807, 2.05) is 20.9 Å². The van der Waals surface area contributed by atoms with Gasteiger partial charge in [-0.2, -0.15) is 5.10 Å². The van der Waals surface area contributed by atoms with Gasteiger partial charge in [0.2, 0.25) is 5.91 Å². The number of nitrogens with one attached hydrogen (secondary N) is 1. The van der Waals surface area contributed by atoms with Crippen LogP contribution in [-0.2, 0) is 11.8 Å². The molecule has 2 aromatic heterocycles. The first-order valence-corrected chi connectivity index (χ1v) is 5.97. The van der Waals surface area contributed by atoms with Crippen LogP contribution in [0.2, 0.25) is 0 Å². The Morgan fingerprint density at radius 1 is 1.32 bits per heavy atom. The minimum atomic E-state index is -0.172. The molecule has 1 amide bonds. The molecule has 0 unspecified atom stereocenters. The zero-order valence-corrected chi connectivity index (χ0v) is 11.2. The number of hydrogen-bond acceptors (Lipinski definition) is 3. The average Bonchev–Trinajstić information content (AvgIpc) is 2.62. The van der Waals surface area contributed by atoms with Crippen LogP contribution in [0.3, 0.4) is 0 Å². The van der Waals surface area contributed by atoms with Gasteiger partial charge in [0, 0.05) is 42.5 Å². The molecular weight excluding hydrogens is 240 g/mol. The van der Waals surface area contributed by atoms with Crippen molar-refractivity contribution < 1.29 is 4.79 Å². The highest BCUT2D eigenvalue weighted by Gasteiger charge is 2.06. The summed E-state index contributed by atoms with van der Waals surface area (Å²) in [5.41, 5.74) is 3.65. The molecule has 2 rings (SSSR count). The third-order valence-corrected chi connectivity index (χ3v) is 2.91. The van der Waals surface area contributed by atoms with E-state index in [2.05, 4.69) is 15.4 Å². The zero-order chi connectivity index (χ0) is 13.8. The van der Waals surface area contributed by atoms with E-state index >= 15 is 0 Å². The number of hydrogen-bond donors (Lipinski definition) is 1. The Bertz CT molecular complexity index is 614. The van der Waals surface area contributed by atoms with Gasteiger partial charge in [-0.25, -0.2) is 0 Å². The van der Waals surface area contributed by atoms with Gasteiger partial charge in [-0.05, 0) is 32.1 Å². The van der Waals surface area contributed by atoms with E-state index < -0.39 is 0 Å². The van der Waals surface area contributed by atoms with Crippen molar-refractivity contribution in [1.29, 1.82) is 0 Å². The number of aryl methyl sites for hydroxylation is 2. The lowest BCUT2D eigenvalue weighted by atomic mass is 10.2. The molecule has 2 heterocycles. The Kier molecular flexibility index (Phi) is 3.75. The highest BCUT2D eigenvalue weighted by atomic mass is 16.1. The lowest BCUT2D eigenvalue weighted by Crippen LogP contribution is -2.07. The molecule has 0 aromatic carbocycles. The van der Waals surface area contributed by atoms with Crippen LogP contribution in [0.15, 0.2) is 30.6 Å². The predicted molar refractivity (Wildman–Crippen MR) is 74.6 cm³/mol. The summed E-state index contributed by atoms with van der Waals surface area (Å²) < 4.78 is 1.80. The van der Waals surface area contributed by atoms with Gasteiger partial charge >= 0.3 is 0 Å². The number of rotatable bonds is 3. The van der Waals surface area contributed by atoms with Gasteiger partial charge in [-0.15, -0.1) is 0 Å². The summed E-state index contributed by atoms with van der Waals surface area (Å²) in [6.45, 7) is 3.90. The van der Waals surface area contributed by atoms with E-state index in [9.17, 15) is 4.79 Å². The molecule has 0 fully saturated rings. The lowest BCUT2D eigenvalue weighted by Gasteiger charge is -2.00. The molecule has 0 atom stereocenters. The first-order chi connectivity index (χ1) is 9.08. The number of carbonyl (C=O) groups excluding carboxylic acids is 1. The van der Waals surface area contributed by atoms with E-state index in [4.69, 9.17) is 0 Å². The molecule has 0 saturated carbocycles. The summed E-state index contributed by atoms with van der Waals surface area (Å²) in [5.74, 6) is -0.172. The first-order valence-electron chi connectivity index (χ1n) is 5.97. The summed E-state index contributed by atoms with van der Waals surface area (Å²) >= 11 is 0. The van der Waals surface area contributed by atoms with Crippen molar-refractivity contribution in [3.05, 3.63) is 47.6 Å². The molecule has 0 saturated heterocycles. The highest BCUT2D eigenvalue weighted by molar-refractivity contribution is 6.02. The molecular formula is C14H16N4O. The molecule has 0 bridgehead atoms. The molecule has 2 aromatic rings. The van der Waals surface area contributed by atoms with Crippen molar-refractivity contribution in [2.45, 2.75) is 13.8 Å². The molecule has 5 heteroatoms. The number of anilines is 1. The van der Waals surface area contributed by atoms with Gasteiger partial charge < -0.3 is 5.32 Å². The Morgan fingerprint density at radius 2 is 2.00 bits per heavy atom. The van der Waals surface area contributed by atoms with Gasteiger partial charge in [0.05, 0.1) is 5.69 Å². The Hall–Kier alpha value is -2.43. The van der Waals surface area contributed by atoms with Crippen LogP contribution < -0.4 is 5.32 Å². The largest absolute Gasteiger partial charge is 0.322 e. The van der Waals surface area contributed by atoms with Crippen LogP contribution in [0, 0.1) is 13.8 Å². The molecule has 98 valence electrons. The quantitative estimate of drug-likeness (QED) is 0.855. The van der Waals surface area contributed by atoms with Gasteiger partial charge in [-0.1, -0.05) is 0 Å². The summed E-state index contributed by atoms with van der Waals surface area (Å²) in [6.07, 6.45) is 6.56. The minimum Gasteiger partial charge on any atom is -0.322 e. The SMILES string of the molecule is Cc1nn(C)c(C)c1/C=C/C(=O)Nc1ccncc1. The van der Waals surface area contributed by atoms with Crippen molar-refractivity contribution in [1.82, 2.24) is 14.8 Å². The van der Waals surface area contributed by atoms with Gasteiger partial charge in [0.1, 0.15) is 0 Å². The third-order valence-electron chi connectivity index (χ3n) is 2.91. The van der Waals surface area contributed by atoms with E-state index in [0.29, 0.717) is 0 Å². The fourth-order valence-electron chi connectivity index (χ4n) is 1.81. The summed E-state index contributed by atoms with van der Waals surface area (Å²) in [5, 5.41) is 7.06. The summed E-state index contributed by atoms with van der Waals surface area (Å²) in [7, 11) is 1.89. The van der Waals surface area contributed by atoms with Gasteiger partial charge in [0.25, 0.3) is 0 Å². The van der Waals surface area contributed by atoms with Crippen molar-refractivity contribution in [2.75, 3.05) is 5.32 Å². The fraction of sp³-hybridized carbons (Fsp3) is 0.214. The van der Waals surface area contributed by atoms with Crippen molar-refractivity contribution >= 4 is 17.7 Å². The number of carbonyl (C=O) groups is 1. The normalized spacial score (nSPS) is 10.9. The molecule has 0 aliphatic carbocycles. The Morgan fingerprint density at radius 3 is 2.58 bits per heavy atom. The van der Waals surface area contributed by atoms with Crippen LogP contribution >= 0.6 is 0 Å². The molecule has 5 nitrogen and oxygen atoms in total. The van der Waals surface area contributed by atoms with E-state index in [0.717, 1.165) is 22.6 Å². The number of nitrogens with zero attached hydrogens (tertiary/aromatic N) is 3. The van der Waals surface area contributed by atoms with Crippen molar-refractivity contribution in [3.8, 4) is 0 Å². The summed E-state index contributed by atoms with van der Waals surface area (Å²) in [4.78, 5) is 15.7. The lowest BCUT2D eigenvalue weighted by molar-refractivity contribution is -0.111. The van der Waals surface area contributed by atoms with Crippen LogP contribution in [0.25, 0.3) is 6.08 Å². The predicted octanol–water partition coefficient (Wildman–Crippen LogP) is 2.08. The van der Waals surface area contributed by atoms with Crippen LogP contribution in [0.1, 0.15) is 17.0 Å². The molecule has 1 N–H and O–H groups in total. The smallest absolute Gasteiger partial charge is 0.248 e. The number of pyridine rings is 1. The standard InChI is InChI=1S/C14H16N4O/c1-10-13(11(2)18(3)17-10)4-5-14(19)16-12-6-8-15-9-7-12/h4-9H,1-3H3,(H,15,16,19)/b5-4+. The minimum absolute atomic E-state index is 0.172. The highest BCUT2D eigenvalue weighted by Crippen LogP contribution is 2.13. The number of amides is 1. The van der Waals surface area contributed by atoms with Gasteiger partial charge in [0.15, 0.2) is 0 Å². The molecule has 0 aliphatic heterocycles. The maximum absolute atomic E-state index is 11.8. The zero-order valence-electron chi connectivity index (χ0n) is 11.2. The molecule has 0 aliphatic rings. The van der Waals surface area contributed by atoms with Crippen molar-refractivity contribution in [2.24, 2.45) is 7.05 Å². The monoisotopic (exact) mass is 256 g/mol. The number of aromatic nitrogens is 3. The third kappa shape index (κ3) is 3.07. The molecule has 0 spiro atoms. The van der Waals surface area contributed by atoms with Crippen LogP contribution in [0.4, 0.5) is 5.69 Å². The van der Waals surface area contributed by atoms with Crippen molar-refractivity contribution in [3.63, 3.8) is 0 Å². The Balaban J connectivity index is 2.08. The molecule has 19 heavy (non-hydrogen) atoms. The fourth-order valence-corrected chi connectivity index (χ4v) is 1.81. The second kappa shape index (κ2) is 5.48. The second-order valence-corrected chi connectivity index (χ2v) is 4.27. The first kappa shape index (κ1) is 13.0.